The van der Waals surface area contributed by atoms with Crippen molar-refractivity contribution < 1.29 is 9.84 Å². The van der Waals surface area contributed by atoms with Crippen molar-refractivity contribution in [3.05, 3.63) is 76.8 Å². The highest BCUT2D eigenvalue weighted by molar-refractivity contribution is 5.81. The Morgan fingerprint density at radius 2 is 1.88 bits per heavy atom. The first-order chi connectivity index (χ1) is 16.2. The Morgan fingerprint density at radius 3 is 2.64 bits per heavy atom. The van der Waals surface area contributed by atoms with Crippen molar-refractivity contribution in [3.8, 4) is 22.6 Å². The molecule has 0 amide bonds. The van der Waals surface area contributed by atoms with Gasteiger partial charge in [0.25, 0.3) is 5.56 Å². The summed E-state index contributed by atoms with van der Waals surface area (Å²) in [6.07, 6.45) is 6.24. The monoisotopic (exact) mass is 444 g/mol. The van der Waals surface area contributed by atoms with E-state index in [4.69, 9.17) is 4.74 Å². The van der Waals surface area contributed by atoms with E-state index in [-0.39, 0.29) is 12.2 Å². The number of pyridine rings is 1. The van der Waals surface area contributed by atoms with Gasteiger partial charge in [-0.25, -0.2) is 0 Å². The Labute approximate surface area is 192 Å². The highest BCUT2D eigenvalue weighted by atomic mass is 16.5. The molecular weight excluding hydrogens is 416 g/mol. The molecule has 5 rings (SSSR count). The van der Waals surface area contributed by atoms with Gasteiger partial charge in [0.15, 0.2) is 0 Å². The van der Waals surface area contributed by atoms with Crippen LogP contribution in [0, 0.1) is 0 Å². The molecule has 2 aromatic heterocycles. The second-order valence-corrected chi connectivity index (χ2v) is 8.48. The molecule has 170 valence electrons. The zero-order chi connectivity index (χ0) is 22.8. The molecule has 0 spiro atoms. The summed E-state index contributed by atoms with van der Waals surface area (Å²) in [5, 5.41) is 15.0. The molecule has 0 atom stereocenters. The Hall–Kier alpha value is -3.42. The molecule has 33 heavy (non-hydrogen) atoms. The molecule has 2 aromatic carbocycles. The summed E-state index contributed by atoms with van der Waals surface area (Å²) in [4.78, 5) is 15.5. The number of fused-ring (bicyclic) bond motifs is 1. The van der Waals surface area contributed by atoms with Crippen LogP contribution in [0.2, 0.25) is 0 Å². The van der Waals surface area contributed by atoms with E-state index in [0.717, 1.165) is 46.4 Å². The first-order valence-corrected chi connectivity index (χ1v) is 11.4. The number of benzene rings is 2. The molecule has 0 saturated carbocycles. The number of aliphatic hydroxyl groups is 1. The number of rotatable bonds is 7. The van der Waals surface area contributed by atoms with Gasteiger partial charge in [-0.1, -0.05) is 12.1 Å². The normalized spacial score (nSPS) is 14.2. The van der Waals surface area contributed by atoms with Crippen LogP contribution in [0.4, 0.5) is 0 Å². The third kappa shape index (κ3) is 4.29. The molecule has 0 bridgehead atoms. The fraction of sp³-hybridized carbons (Fsp3) is 0.308. The summed E-state index contributed by atoms with van der Waals surface area (Å²) in [6.45, 7) is 4.19. The van der Waals surface area contributed by atoms with Crippen LogP contribution < -0.4 is 10.3 Å². The molecule has 3 heterocycles. The molecule has 1 aliphatic heterocycles. The largest absolute Gasteiger partial charge is 0.496 e. The first-order valence-electron chi connectivity index (χ1n) is 11.4. The Kier molecular flexibility index (Phi) is 5.98. The van der Waals surface area contributed by atoms with Gasteiger partial charge in [-0.05, 0) is 67.4 Å². The Morgan fingerprint density at radius 1 is 1.03 bits per heavy atom. The molecule has 1 aliphatic rings. The number of likely N-dealkylation sites (tertiary alicyclic amines) is 1. The first kappa shape index (κ1) is 21.4. The Balaban J connectivity index is 1.41. The van der Waals surface area contributed by atoms with Crippen molar-refractivity contribution in [2.24, 2.45) is 0 Å². The number of nitrogens with zero attached hydrogens (tertiary/aromatic N) is 4. The highest BCUT2D eigenvalue weighted by Crippen LogP contribution is 2.30. The quantitative estimate of drug-likeness (QED) is 0.473. The van der Waals surface area contributed by atoms with E-state index >= 15 is 0 Å². The summed E-state index contributed by atoms with van der Waals surface area (Å²) in [5.41, 5.74) is 4.11. The molecule has 1 fully saturated rings. The zero-order valence-electron chi connectivity index (χ0n) is 18.8. The summed E-state index contributed by atoms with van der Waals surface area (Å²) in [7, 11) is 1.59. The van der Waals surface area contributed by atoms with Gasteiger partial charge in [-0.2, -0.15) is 5.10 Å². The smallest absolute Gasteiger partial charge is 0.255 e. The lowest BCUT2D eigenvalue weighted by atomic mass is 10.0. The standard InChI is InChI=1S/C26H28N4O3/c1-33-25-14-19(18-31)4-6-23(25)20-8-11-29(26(32)16-20)22-5-7-24-21(15-22)17-27-30(24)13-12-28-9-2-3-10-28/h4-8,11,14-17,31H,2-3,9-10,12-13,18H2,1H3. The number of aromatic nitrogens is 3. The minimum Gasteiger partial charge on any atom is -0.496 e. The van der Waals surface area contributed by atoms with E-state index in [1.54, 1.807) is 30.0 Å². The fourth-order valence-corrected chi connectivity index (χ4v) is 4.58. The summed E-state index contributed by atoms with van der Waals surface area (Å²) in [6, 6.07) is 15.0. The van der Waals surface area contributed by atoms with Crippen LogP contribution in [0.5, 0.6) is 5.75 Å². The fourth-order valence-electron chi connectivity index (χ4n) is 4.58. The van der Waals surface area contributed by atoms with Crippen LogP contribution in [0.15, 0.2) is 65.7 Å². The second kappa shape index (κ2) is 9.21. The molecule has 0 unspecified atom stereocenters. The highest BCUT2D eigenvalue weighted by Gasteiger charge is 2.13. The number of ether oxygens (including phenoxy) is 1. The Bertz CT molecular complexity index is 1340. The number of aliphatic hydroxyl groups excluding tert-OH is 1. The lowest BCUT2D eigenvalue weighted by Crippen LogP contribution is -2.24. The van der Waals surface area contributed by atoms with Crippen molar-refractivity contribution in [2.45, 2.75) is 26.0 Å². The van der Waals surface area contributed by atoms with Gasteiger partial charge in [-0.15, -0.1) is 0 Å². The van der Waals surface area contributed by atoms with Gasteiger partial charge >= 0.3 is 0 Å². The SMILES string of the molecule is COc1cc(CO)ccc1-c1ccn(-c2ccc3c(cnn3CCN3CCCC3)c2)c(=O)c1. The van der Waals surface area contributed by atoms with E-state index in [2.05, 4.69) is 10.00 Å². The molecular formula is C26H28N4O3. The van der Waals surface area contributed by atoms with E-state index < -0.39 is 0 Å². The van der Waals surface area contributed by atoms with Crippen LogP contribution in [0.25, 0.3) is 27.7 Å². The maximum atomic E-state index is 13.0. The topological polar surface area (TPSA) is 72.5 Å². The minimum absolute atomic E-state index is 0.0600. The number of hydrogen-bond acceptors (Lipinski definition) is 5. The average Bonchev–Trinajstić information content (AvgIpc) is 3.51. The predicted octanol–water partition coefficient (Wildman–Crippen LogP) is 3.45. The van der Waals surface area contributed by atoms with Gasteiger partial charge in [-0.3, -0.25) is 14.0 Å². The third-order valence-corrected chi connectivity index (χ3v) is 6.41. The summed E-state index contributed by atoms with van der Waals surface area (Å²) in [5.74, 6) is 0.626. The third-order valence-electron chi connectivity index (χ3n) is 6.41. The van der Waals surface area contributed by atoms with Crippen LogP contribution in [-0.4, -0.2) is 51.1 Å². The summed E-state index contributed by atoms with van der Waals surface area (Å²) >= 11 is 0. The van der Waals surface area contributed by atoms with E-state index in [0.29, 0.717) is 5.75 Å². The van der Waals surface area contributed by atoms with Crippen molar-refractivity contribution in [1.82, 2.24) is 19.2 Å². The van der Waals surface area contributed by atoms with Gasteiger partial charge in [0, 0.05) is 35.4 Å². The second-order valence-electron chi connectivity index (χ2n) is 8.48. The number of methoxy groups -OCH3 is 1. The molecule has 0 radical (unpaired) electrons. The molecule has 7 nitrogen and oxygen atoms in total. The molecule has 0 aliphatic carbocycles. The van der Waals surface area contributed by atoms with E-state index in [1.165, 1.54) is 25.9 Å². The van der Waals surface area contributed by atoms with Crippen LogP contribution in [-0.2, 0) is 13.2 Å². The molecule has 1 N–H and O–H groups in total. The minimum atomic E-state index is -0.124. The average molecular weight is 445 g/mol. The lowest BCUT2D eigenvalue weighted by molar-refractivity contribution is 0.281. The predicted molar refractivity (Wildman–Crippen MR) is 129 cm³/mol. The molecule has 7 heteroatoms. The summed E-state index contributed by atoms with van der Waals surface area (Å²) < 4.78 is 9.15. The maximum Gasteiger partial charge on any atom is 0.255 e. The van der Waals surface area contributed by atoms with Crippen molar-refractivity contribution in [3.63, 3.8) is 0 Å². The van der Waals surface area contributed by atoms with Crippen LogP contribution >= 0.6 is 0 Å². The van der Waals surface area contributed by atoms with Crippen molar-refractivity contribution >= 4 is 10.9 Å². The maximum absolute atomic E-state index is 13.0. The van der Waals surface area contributed by atoms with Crippen LogP contribution in [0.3, 0.4) is 0 Å². The van der Waals surface area contributed by atoms with Crippen LogP contribution in [0.1, 0.15) is 18.4 Å². The molecule has 4 aromatic rings. The van der Waals surface area contributed by atoms with E-state index in [9.17, 15) is 9.90 Å². The van der Waals surface area contributed by atoms with Gasteiger partial charge in [0.05, 0.1) is 32.0 Å². The van der Waals surface area contributed by atoms with E-state index in [1.807, 2.05) is 47.3 Å². The lowest BCUT2D eigenvalue weighted by Gasteiger charge is -2.14. The van der Waals surface area contributed by atoms with Gasteiger partial charge < -0.3 is 14.7 Å². The van der Waals surface area contributed by atoms with Gasteiger partial charge in [0.1, 0.15) is 5.75 Å². The number of hydrogen-bond donors (Lipinski definition) is 1. The molecule has 1 saturated heterocycles. The van der Waals surface area contributed by atoms with Crippen molar-refractivity contribution in [2.75, 3.05) is 26.7 Å². The zero-order valence-corrected chi connectivity index (χ0v) is 18.8. The van der Waals surface area contributed by atoms with Gasteiger partial charge in [0.2, 0.25) is 0 Å². The van der Waals surface area contributed by atoms with Crippen molar-refractivity contribution in [1.29, 1.82) is 0 Å².